The third-order valence-electron chi connectivity index (χ3n) is 3.17. The van der Waals surface area contributed by atoms with E-state index in [-0.39, 0.29) is 12.5 Å². The molecule has 4 nitrogen and oxygen atoms in total. The fourth-order valence-electron chi connectivity index (χ4n) is 2.31. The second-order valence-electron chi connectivity index (χ2n) is 4.60. The standard InChI is InChI=1S/C13H17BrN2O2/c1-9-2-3-12(11(14)6-9)16-5-4-15-8-10(16)7-13(17)18/h2-3,6,10,15H,4-5,7-8H2,1H3,(H,17,18). The Labute approximate surface area is 115 Å². The molecule has 1 aliphatic heterocycles. The van der Waals surface area contributed by atoms with Crippen LogP contribution in [0.25, 0.3) is 0 Å². The van der Waals surface area contributed by atoms with Crippen LogP contribution in [0.5, 0.6) is 0 Å². The summed E-state index contributed by atoms with van der Waals surface area (Å²) in [5, 5.41) is 12.2. The van der Waals surface area contributed by atoms with Crippen LogP contribution >= 0.6 is 15.9 Å². The highest BCUT2D eigenvalue weighted by Crippen LogP contribution is 2.29. The average molecular weight is 313 g/mol. The van der Waals surface area contributed by atoms with E-state index in [0.29, 0.717) is 6.54 Å². The summed E-state index contributed by atoms with van der Waals surface area (Å²) in [6, 6.07) is 6.18. The van der Waals surface area contributed by atoms with Gasteiger partial charge in [0.1, 0.15) is 0 Å². The molecule has 0 saturated carbocycles. The van der Waals surface area contributed by atoms with Gasteiger partial charge in [-0.1, -0.05) is 6.07 Å². The number of anilines is 1. The van der Waals surface area contributed by atoms with Crippen molar-refractivity contribution in [1.29, 1.82) is 0 Å². The van der Waals surface area contributed by atoms with E-state index in [2.05, 4.69) is 44.3 Å². The zero-order valence-electron chi connectivity index (χ0n) is 10.3. The van der Waals surface area contributed by atoms with Gasteiger partial charge >= 0.3 is 5.97 Å². The van der Waals surface area contributed by atoms with Crippen molar-refractivity contribution in [1.82, 2.24) is 5.32 Å². The number of carboxylic acid groups (broad SMARTS) is 1. The fraction of sp³-hybridized carbons (Fsp3) is 0.462. The molecule has 1 unspecified atom stereocenters. The first-order valence-corrected chi connectivity index (χ1v) is 6.82. The number of halogens is 1. The molecule has 0 amide bonds. The molecule has 1 saturated heterocycles. The van der Waals surface area contributed by atoms with Gasteiger partial charge in [0.05, 0.1) is 18.2 Å². The minimum absolute atomic E-state index is 0.00950. The normalized spacial score (nSPS) is 19.9. The Morgan fingerprint density at radius 1 is 1.61 bits per heavy atom. The molecule has 1 heterocycles. The average Bonchev–Trinajstić information content (AvgIpc) is 2.30. The monoisotopic (exact) mass is 312 g/mol. The molecule has 18 heavy (non-hydrogen) atoms. The van der Waals surface area contributed by atoms with Crippen LogP contribution in [0.2, 0.25) is 0 Å². The van der Waals surface area contributed by atoms with E-state index in [1.165, 1.54) is 5.56 Å². The molecular weight excluding hydrogens is 296 g/mol. The largest absolute Gasteiger partial charge is 0.481 e. The molecule has 0 aromatic heterocycles. The van der Waals surface area contributed by atoms with Crippen molar-refractivity contribution < 1.29 is 9.90 Å². The van der Waals surface area contributed by atoms with Crippen LogP contribution in [0.3, 0.4) is 0 Å². The van der Waals surface area contributed by atoms with Gasteiger partial charge in [0, 0.05) is 24.1 Å². The smallest absolute Gasteiger partial charge is 0.305 e. The van der Waals surface area contributed by atoms with Crippen LogP contribution in [0.15, 0.2) is 22.7 Å². The number of nitrogens with one attached hydrogen (secondary N) is 1. The maximum absolute atomic E-state index is 10.9. The fourth-order valence-corrected chi connectivity index (χ4v) is 3.03. The first kappa shape index (κ1) is 13.4. The lowest BCUT2D eigenvalue weighted by Crippen LogP contribution is -2.52. The quantitative estimate of drug-likeness (QED) is 0.896. The second kappa shape index (κ2) is 5.71. The molecule has 0 radical (unpaired) electrons. The van der Waals surface area contributed by atoms with Crippen LogP contribution in [-0.2, 0) is 4.79 Å². The van der Waals surface area contributed by atoms with Crippen molar-refractivity contribution in [3.63, 3.8) is 0 Å². The van der Waals surface area contributed by atoms with E-state index >= 15 is 0 Å². The predicted octanol–water partition coefficient (Wildman–Crippen LogP) is 2.01. The van der Waals surface area contributed by atoms with Gasteiger partial charge in [-0.25, -0.2) is 0 Å². The molecular formula is C13H17BrN2O2. The Balaban J connectivity index is 2.24. The SMILES string of the molecule is Cc1ccc(N2CCNCC2CC(=O)O)c(Br)c1. The van der Waals surface area contributed by atoms with E-state index in [0.717, 1.165) is 23.2 Å². The highest BCUT2D eigenvalue weighted by molar-refractivity contribution is 9.10. The Morgan fingerprint density at radius 2 is 2.39 bits per heavy atom. The number of benzene rings is 1. The number of hydrogen-bond acceptors (Lipinski definition) is 3. The maximum atomic E-state index is 10.9. The van der Waals surface area contributed by atoms with Gasteiger partial charge in [-0.15, -0.1) is 0 Å². The summed E-state index contributed by atoms with van der Waals surface area (Å²) in [5.74, 6) is -0.753. The highest BCUT2D eigenvalue weighted by Gasteiger charge is 2.25. The summed E-state index contributed by atoms with van der Waals surface area (Å²) < 4.78 is 1.03. The lowest BCUT2D eigenvalue weighted by atomic mass is 10.1. The summed E-state index contributed by atoms with van der Waals surface area (Å²) in [6.45, 7) is 4.48. The van der Waals surface area contributed by atoms with Gasteiger partial charge in [-0.2, -0.15) is 0 Å². The molecule has 1 atom stereocenters. The van der Waals surface area contributed by atoms with Crippen molar-refractivity contribution in [2.24, 2.45) is 0 Å². The van der Waals surface area contributed by atoms with Crippen LogP contribution < -0.4 is 10.2 Å². The maximum Gasteiger partial charge on any atom is 0.305 e. The van der Waals surface area contributed by atoms with Crippen molar-refractivity contribution in [2.75, 3.05) is 24.5 Å². The van der Waals surface area contributed by atoms with Crippen molar-refractivity contribution in [2.45, 2.75) is 19.4 Å². The molecule has 5 heteroatoms. The molecule has 2 rings (SSSR count). The van der Waals surface area contributed by atoms with E-state index in [1.807, 2.05) is 6.92 Å². The Morgan fingerprint density at radius 3 is 3.06 bits per heavy atom. The number of hydrogen-bond donors (Lipinski definition) is 2. The van der Waals surface area contributed by atoms with E-state index in [1.54, 1.807) is 0 Å². The number of aliphatic carboxylic acids is 1. The van der Waals surface area contributed by atoms with Crippen molar-refractivity contribution in [3.05, 3.63) is 28.2 Å². The number of nitrogens with zero attached hydrogens (tertiary/aromatic N) is 1. The molecule has 98 valence electrons. The lowest BCUT2D eigenvalue weighted by molar-refractivity contribution is -0.137. The number of rotatable bonds is 3. The van der Waals surface area contributed by atoms with Crippen molar-refractivity contribution >= 4 is 27.6 Å². The lowest BCUT2D eigenvalue weighted by Gasteiger charge is -2.38. The minimum Gasteiger partial charge on any atom is -0.481 e. The first-order valence-electron chi connectivity index (χ1n) is 6.03. The first-order chi connectivity index (χ1) is 8.58. The van der Waals surface area contributed by atoms with Crippen LogP contribution in [0, 0.1) is 6.92 Å². The van der Waals surface area contributed by atoms with E-state index in [9.17, 15) is 4.79 Å². The Bertz CT molecular complexity index is 451. The highest BCUT2D eigenvalue weighted by atomic mass is 79.9. The summed E-state index contributed by atoms with van der Waals surface area (Å²) in [4.78, 5) is 13.1. The Kier molecular flexibility index (Phi) is 4.24. The summed E-state index contributed by atoms with van der Waals surface area (Å²) in [5.41, 5.74) is 2.27. The molecule has 0 aliphatic carbocycles. The molecule has 1 fully saturated rings. The van der Waals surface area contributed by atoms with Gasteiger partial charge in [0.15, 0.2) is 0 Å². The molecule has 1 aromatic carbocycles. The molecule has 2 N–H and O–H groups in total. The molecule has 1 aromatic rings. The van der Waals surface area contributed by atoms with Crippen LogP contribution in [-0.4, -0.2) is 36.8 Å². The minimum atomic E-state index is -0.753. The van der Waals surface area contributed by atoms with Crippen molar-refractivity contribution in [3.8, 4) is 0 Å². The Hall–Kier alpha value is -1.07. The number of aryl methyl sites for hydroxylation is 1. The van der Waals surface area contributed by atoms with Gasteiger partial charge < -0.3 is 15.3 Å². The zero-order chi connectivity index (χ0) is 13.1. The van der Waals surface area contributed by atoms with Gasteiger partial charge in [0.2, 0.25) is 0 Å². The molecule has 0 bridgehead atoms. The number of piperazine rings is 1. The molecule has 0 spiro atoms. The number of carboxylic acids is 1. The molecule has 1 aliphatic rings. The topological polar surface area (TPSA) is 52.6 Å². The summed E-state index contributed by atoms with van der Waals surface area (Å²) in [7, 11) is 0. The zero-order valence-corrected chi connectivity index (χ0v) is 11.9. The van der Waals surface area contributed by atoms with Gasteiger partial charge in [0.25, 0.3) is 0 Å². The van der Waals surface area contributed by atoms with E-state index < -0.39 is 5.97 Å². The van der Waals surface area contributed by atoms with Crippen LogP contribution in [0.1, 0.15) is 12.0 Å². The predicted molar refractivity (Wildman–Crippen MR) is 75.1 cm³/mol. The number of carbonyl (C=O) groups is 1. The third kappa shape index (κ3) is 3.03. The van der Waals surface area contributed by atoms with E-state index in [4.69, 9.17) is 5.11 Å². The second-order valence-corrected chi connectivity index (χ2v) is 5.46. The van der Waals surface area contributed by atoms with Gasteiger partial charge in [-0.3, -0.25) is 4.79 Å². The summed E-state index contributed by atoms with van der Waals surface area (Å²) in [6.07, 6.45) is 0.160. The summed E-state index contributed by atoms with van der Waals surface area (Å²) >= 11 is 3.57. The van der Waals surface area contributed by atoms with Crippen LogP contribution in [0.4, 0.5) is 5.69 Å². The van der Waals surface area contributed by atoms with Gasteiger partial charge in [-0.05, 0) is 40.5 Å². The third-order valence-corrected chi connectivity index (χ3v) is 3.81.